The molecular formula is C23H26ClFN2O2. The highest BCUT2D eigenvalue weighted by molar-refractivity contribution is 6.30. The number of nitrogens with zero attached hydrogens (tertiary/aromatic N) is 2. The van der Waals surface area contributed by atoms with Crippen molar-refractivity contribution in [3.63, 3.8) is 0 Å². The van der Waals surface area contributed by atoms with Gasteiger partial charge in [0, 0.05) is 24.7 Å². The predicted molar refractivity (Wildman–Crippen MR) is 113 cm³/mol. The topological polar surface area (TPSA) is 32.8 Å². The van der Waals surface area contributed by atoms with Gasteiger partial charge in [0.05, 0.1) is 6.04 Å². The number of benzene rings is 2. The zero-order valence-electron chi connectivity index (χ0n) is 16.6. The minimum absolute atomic E-state index is 0.0277. The molecule has 0 spiro atoms. The van der Waals surface area contributed by atoms with Crippen LogP contribution in [0.15, 0.2) is 54.2 Å². The van der Waals surface area contributed by atoms with E-state index in [0.29, 0.717) is 36.3 Å². The molecule has 0 aliphatic carbocycles. The number of carbonyl (C=O) groups excluding carboxylic acids is 1. The van der Waals surface area contributed by atoms with Crippen molar-refractivity contribution in [1.82, 2.24) is 9.80 Å². The second kappa shape index (κ2) is 10.4. The molecule has 1 heterocycles. The van der Waals surface area contributed by atoms with Crippen molar-refractivity contribution >= 4 is 17.5 Å². The second-order valence-electron chi connectivity index (χ2n) is 7.23. The monoisotopic (exact) mass is 416 g/mol. The summed E-state index contributed by atoms with van der Waals surface area (Å²) in [6, 6.07) is 13.7. The lowest BCUT2D eigenvalue weighted by Crippen LogP contribution is -2.52. The normalized spacial score (nSPS) is 17.3. The molecule has 0 aromatic heterocycles. The van der Waals surface area contributed by atoms with E-state index in [0.717, 1.165) is 31.4 Å². The number of rotatable bonds is 8. The van der Waals surface area contributed by atoms with Crippen LogP contribution in [0.25, 0.3) is 0 Å². The molecule has 2 aromatic carbocycles. The molecular weight excluding hydrogens is 391 g/mol. The molecule has 154 valence electrons. The highest BCUT2D eigenvalue weighted by atomic mass is 35.5. The first-order valence-electron chi connectivity index (χ1n) is 9.97. The molecule has 3 rings (SSSR count). The number of hydrogen-bond acceptors (Lipinski definition) is 4. The van der Waals surface area contributed by atoms with Crippen LogP contribution in [0.5, 0.6) is 5.75 Å². The molecule has 0 unspecified atom stereocenters. The van der Waals surface area contributed by atoms with Crippen LogP contribution in [0, 0.1) is 5.82 Å². The summed E-state index contributed by atoms with van der Waals surface area (Å²) in [5.41, 5.74) is 1.66. The third-order valence-electron chi connectivity index (χ3n) is 5.19. The fourth-order valence-electron chi connectivity index (χ4n) is 3.59. The Balaban J connectivity index is 1.70. The van der Waals surface area contributed by atoms with Crippen LogP contribution in [0.2, 0.25) is 5.02 Å². The summed E-state index contributed by atoms with van der Waals surface area (Å²) in [5, 5.41) is 0.653. The minimum atomic E-state index is -0.242. The smallest absolute Gasteiger partial charge is 0.161 e. The average molecular weight is 417 g/mol. The zero-order valence-corrected chi connectivity index (χ0v) is 17.4. The van der Waals surface area contributed by atoms with Crippen molar-refractivity contribution in [2.24, 2.45) is 0 Å². The quantitative estimate of drug-likeness (QED) is 0.572. The Morgan fingerprint density at radius 2 is 1.86 bits per heavy atom. The Morgan fingerprint density at radius 1 is 1.14 bits per heavy atom. The Hall–Kier alpha value is -2.33. The maximum Gasteiger partial charge on any atom is 0.161 e. The van der Waals surface area contributed by atoms with Gasteiger partial charge >= 0.3 is 0 Å². The maximum absolute atomic E-state index is 13.2. The first-order valence-corrected chi connectivity index (χ1v) is 10.3. The largest absolute Gasteiger partial charge is 0.473 e. The molecule has 2 aromatic rings. The van der Waals surface area contributed by atoms with Gasteiger partial charge in [-0.2, -0.15) is 0 Å². The van der Waals surface area contributed by atoms with Gasteiger partial charge in [0.25, 0.3) is 0 Å². The van der Waals surface area contributed by atoms with E-state index < -0.39 is 0 Å². The van der Waals surface area contributed by atoms with E-state index in [4.69, 9.17) is 16.3 Å². The molecule has 1 atom stereocenters. The van der Waals surface area contributed by atoms with Crippen LogP contribution in [0.1, 0.15) is 31.7 Å². The fraction of sp³-hybridized carbons (Fsp3) is 0.391. The molecule has 6 heteroatoms. The third-order valence-corrected chi connectivity index (χ3v) is 5.44. The van der Waals surface area contributed by atoms with Gasteiger partial charge in [0.1, 0.15) is 23.2 Å². The first kappa shape index (κ1) is 21.4. The van der Waals surface area contributed by atoms with Gasteiger partial charge in [-0.3, -0.25) is 4.90 Å². The van der Waals surface area contributed by atoms with Gasteiger partial charge in [-0.05, 0) is 48.4 Å². The van der Waals surface area contributed by atoms with E-state index in [2.05, 4.69) is 17.8 Å². The predicted octanol–water partition coefficient (Wildman–Crippen LogP) is 4.91. The van der Waals surface area contributed by atoms with Crippen molar-refractivity contribution in [2.45, 2.75) is 38.8 Å². The first-order chi connectivity index (χ1) is 14.1. The summed E-state index contributed by atoms with van der Waals surface area (Å²) >= 11 is 5.92. The Labute approximate surface area is 176 Å². The molecule has 1 aliphatic heterocycles. The summed E-state index contributed by atoms with van der Waals surface area (Å²) in [4.78, 5) is 16.1. The summed E-state index contributed by atoms with van der Waals surface area (Å²) in [6.45, 7) is 4.56. The van der Waals surface area contributed by atoms with E-state index in [9.17, 15) is 9.18 Å². The van der Waals surface area contributed by atoms with Crippen LogP contribution in [-0.2, 0) is 11.3 Å². The van der Waals surface area contributed by atoms with Crippen LogP contribution in [0.3, 0.4) is 0 Å². The standard InChI is InChI=1S/C23H26ClFN2O2/c1-2-3-4-22-23(16-28)27(17-29-21-11-7-19(24)8-12-21)14-13-26(22)15-18-5-9-20(25)10-6-18/h5-12,22H,2-4,13-15,17H2,1H3/t22-/m1/s1. The van der Waals surface area contributed by atoms with Crippen molar-refractivity contribution in [3.8, 4) is 5.75 Å². The Morgan fingerprint density at radius 3 is 2.52 bits per heavy atom. The van der Waals surface area contributed by atoms with Crippen molar-refractivity contribution < 1.29 is 13.9 Å². The summed E-state index contributed by atoms with van der Waals surface area (Å²) in [5.74, 6) is 2.64. The number of halogens is 2. The molecule has 0 amide bonds. The van der Waals surface area contributed by atoms with Gasteiger partial charge in [-0.25, -0.2) is 9.18 Å². The maximum atomic E-state index is 13.2. The molecule has 29 heavy (non-hydrogen) atoms. The number of hydrogen-bond donors (Lipinski definition) is 0. The molecule has 4 nitrogen and oxygen atoms in total. The Kier molecular flexibility index (Phi) is 7.70. The molecule has 1 fully saturated rings. The number of ether oxygens (including phenoxy) is 1. The van der Waals surface area contributed by atoms with Gasteiger partial charge in [-0.15, -0.1) is 0 Å². The van der Waals surface area contributed by atoms with Gasteiger partial charge in [-0.1, -0.05) is 43.5 Å². The van der Waals surface area contributed by atoms with E-state index in [1.54, 1.807) is 24.3 Å². The highest BCUT2D eigenvalue weighted by Crippen LogP contribution is 2.26. The van der Waals surface area contributed by atoms with Crippen LogP contribution >= 0.6 is 11.6 Å². The van der Waals surface area contributed by atoms with Gasteiger partial charge in [0.2, 0.25) is 0 Å². The fourth-order valence-corrected chi connectivity index (χ4v) is 3.72. The number of piperazine rings is 1. The molecule has 1 aliphatic rings. The summed E-state index contributed by atoms with van der Waals surface area (Å²) in [6.07, 6.45) is 2.94. The highest BCUT2D eigenvalue weighted by Gasteiger charge is 2.32. The van der Waals surface area contributed by atoms with Crippen molar-refractivity contribution in [2.75, 3.05) is 19.8 Å². The van der Waals surface area contributed by atoms with E-state index in [1.165, 1.54) is 12.1 Å². The lowest BCUT2D eigenvalue weighted by molar-refractivity contribution is 0.0634. The lowest BCUT2D eigenvalue weighted by Gasteiger charge is -2.42. The van der Waals surface area contributed by atoms with Gasteiger partial charge < -0.3 is 9.64 Å². The van der Waals surface area contributed by atoms with E-state index in [1.807, 2.05) is 17.0 Å². The molecule has 0 N–H and O–H groups in total. The number of unbranched alkanes of at least 4 members (excludes halogenated alkanes) is 1. The zero-order chi connectivity index (χ0) is 20.6. The summed E-state index contributed by atoms with van der Waals surface area (Å²) in [7, 11) is 0. The molecule has 0 bridgehead atoms. The summed E-state index contributed by atoms with van der Waals surface area (Å²) < 4.78 is 19.1. The van der Waals surface area contributed by atoms with Crippen LogP contribution in [0.4, 0.5) is 4.39 Å². The molecule has 0 radical (unpaired) electrons. The van der Waals surface area contributed by atoms with E-state index in [-0.39, 0.29) is 11.9 Å². The third kappa shape index (κ3) is 5.83. The van der Waals surface area contributed by atoms with Crippen LogP contribution in [-0.4, -0.2) is 41.6 Å². The molecule has 1 saturated heterocycles. The average Bonchev–Trinajstić information content (AvgIpc) is 2.74. The minimum Gasteiger partial charge on any atom is -0.473 e. The van der Waals surface area contributed by atoms with Gasteiger partial charge in [0.15, 0.2) is 6.73 Å². The van der Waals surface area contributed by atoms with Crippen molar-refractivity contribution in [3.05, 3.63) is 70.6 Å². The van der Waals surface area contributed by atoms with Crippen LogP contribution < -0.4 is 4.74 Å². The SMILES string of the molecule is CCCC[C@@H]1C(=C=O)N(COc2ccc(Cl)cc2)CCN1Cc1ccc(F)cc1. The van der Waals surface area contributed by atoms with E-state index >= 15 is 0 Å². The second-order valence-corrected chi connectivity index (χ2v) is 7.67. The lowest BCUT2D eigenvalue weighted by atomic mass is 10.0. The van der Waals surface area contributed by atoms with Crippen molar-refractivity contribution in [1.29, 1.82) is 0 Å². The Bertz CT molecular complexity index is 835. The molecule has 0 saturated carbocycles.